The molecule has 2 rings (SSSR count). The Morgan fingerprint density at radius 3 is 2.84 bits per heavy atom. The van der Waals surface area contributed by atoms with Gasteiger partial charge in [0.25, 0.3) is 0 Å². The maximum absolute atomic E-state index is 11.2. The number of para-hydroxylation sites is 1. The molecule has 0 saturated heterocycles. The van der Waals surface area contributed by atoms with Gasteiger partial charge < -0.3 is 9.72 Å². The lowest BCUT2D eigenvalue weighted by molar-refractivity contribution is -0.155. The standard InChI is InChI=1S/C15H20N2O2/c1-4-17(3)15(19-11(2)18)9-12-10-16-14-8-6-5-7-13(12)14/h5-8,10,15-16H,4,9H2,1-3H3. The van der Waals surface area contributed by atoms with E-state index in [2.05, 4.69) is 11.1 Å². The highest BCUT2D eigenvalue weighted by molar-refractivity contribution is 5.83. The number of hydrogen-bond donors (Lipinski definition) is 1. The van der Waals surface area contributed by atoms with Crippen LogP contribution in [0.2, 0.25) is 0 Å². The Kier molecular flexibility index (Phi) is 4.22. The molecule has 2 aromatic rings. The minimum absolute atomic E-state index is 0.221. The van der Waals surface area contributed by atoms with Gasteiger partial charge in [0.05, 0.1) is 0 Å². The molecule has 0 aliphatic rings. The average Bonchev–Trinajstić information content (AvgIpc) is 2.80. The van der Waals surface area contributed by atoms with Crippen molar-refractivity contribution >= 4 is 16.9 Å². The first-order chi connectivity index (χ1) is 9.11. The summed E-state index contributed by atoms with van der Waals surface area (Å²) in [5.41, 5.74) is 2.28. The Morgan fingerprint density at radius 2 is 2.16 bits per heavy atom. The Labute approximate surface area is 113 Å². The molecule has 0 aliphatic carbocycles. The third-order valence-corrected chi connectivity index (χ3v) is 3.36. The fourth-order valence-electron chi connectivity index (χ4n) is 2.17. The molecule has 1 heterocycles. The third kappa shape index (κ3) is 3.15. The van der Waals surface area contributed by atoms with Crippen LogP contribution in [0.15, 0.2) is 30.5 Å². The lowest BCUT2D eigenvalue weighted by atomic mass is 10.1. The Balaban J connectivity index is 2.23. The third-order valence-electron chi connectivity index (χ3n) is 3.36. The van der Waals surface area contributed by atoms with Gasteiger partial charge in [-0.15, -0.1) is 0 Å². The number of carbonyl (C=O) groups excluding carboxylic acids is 1. The topological polar surface area (TPSA) is 45.3 Å². The zero-order chi connectivity index (χ0) is 13.8. The fraction of sp³-hybridized carbons (Fsp3) is 0.400. The molecule has 0 amide bonds. The summed E-state index contributed by atoms with van der Waals surface area (Å²) < 4.78 is 5.40. The summed E-state index contributed by atoms with van der Waals surface area (Å²) in [4.78, 5) is 16.5. The molecular weight excluding hydrogens is 240 g/mol. The van der Waals surface area contributed by atoms with Crippen molar-refractivity contribution in [2.75, 3.05) is 13.6 Å². The number of rotatable bonds is 5. The van der Waals surface area contributed by atoms with Crippen molar-refractivity contribution in [3.63, 3.8) is 0 Å². The Hall–Kier alpha value is -1.81. The maximum atomic E-state index is 11.2. The summed E-state index contributed by atoms with van der Waals surface area (Å²) in [6.45, 7) is 4.33. The van der Waals surface area contributed by atoms with Gasteiger partial charge >= 0.3 is 5.97 Å². The van der Waals surface area contributed by atoms with E-state index in [1.54, 1.807) is 0 Å². The highest BCUT2D eigenvalue weighted by Gasteiger charge is 2.18. The van der Waals surface area contributed by atoms with Gasteiger partial charge in [-0.05, 0) is 25.2 Å². The number of nitrogens with one attached hydrogen (secondary N) is 1. The number of likely N-dealkylation sites (N-methyl/N-ethyl adjacent to an activating group) is 1. The molecule has 1 atom stereocenters. The number of fused-ring (bicyclic) bond motifs is 1. The number of aromatic amines is 1. The number of esters is 1. The zero-order valence-corrected chi connectivity index (χ0v) is 11.6. The molecule has 19 heavy (non-hydrogen) atoms. The van der Waals surface area contributed by atoms with Crippen LogP contribution in [0, 0.1) is 0 Å². The first kappa shape index (κ1) is 13.6. The number of nitrogens with zero attached hydrogens (tertiary/aromatic N) is 1. The lowest BCUT2D eigenvalue weighted by Crippen LogP contribution is -2.36. The number of H-pyrrole nitrogens is 1. The van der Waals surface area contributed by atoms with Crippen molar-refractivity contribution in [2.24, 2.45) is 0 Å². The number of benzene rings is 1. The molecule has 1 N–H and O–H groups in total. The second kappa shape index (κ2) is 5.89. The molecule has 0 radical (unpaired) electrons. The Morgan fingerprint density at radius 1 is 1.42 bits per heavy atom. The summed E-state index contributed by atoms with van der Waals surface area (Å²) in [5, 5.41) is 1.18. The molecular formula is C15H20N2O2. The highest BCUT2D eigenvalue weighted by Crippen LogP contribution is 2.20. The normalized spacial score (nSPS) is 12.8. The second-order valence-electron chi connectivity index (χ2n) is 4.70. The minimum atomic E-state index is -0.245. The van der Waals surface area contributed by atoms with E-state index in [1.165, 1.54) is 17.9 Å². The average molecular weight is 260 g/mol. The molecule has 102 valence electrons. The molecule has 0 spiro atoms. The summed E-state index contributed by atoms with van der Waals surface area (Å²) in [7, 11) is 1.96. The number of ether oxygens (including phenoxy) is 1. The smallest absolute Gasteiger partial charge is 0.304 e. The van der Waals surface area contributed by atoms with Crippen LogP contribution in [0.3, 0.4) is 0 Å². The zero-order valence-electron chi connectivity index (χ0n) is 11.6. The maximum Gasteiger partial charge on any atom is 0.304 e. The van der Waals surface area contributed by atoms with Crippen molar-refractivity contribution in [1.29, 1.82) is 0 Å². The highest BCUT2D eigenvalue weighted by atomic mass is 16.6. The largest absolute Gasteiger partial charge is 0.446 e. The van der Waals surface area contributed by atoms with Crippen LogP contribution in [0.4, 0.5) is 0 Å². The Bertz CT molecular complexity index is 562. The van der Waals surface area contributed by atoms with E-state index in [4.69, 9.17) is 4.74 Å². The predicted octanol–water partition coefficient (Wildman–Crippen LogP) is 2.55. The van der Waals surface area contributed by atoms with Crippen LogP contribution in [-0.4, -0.2) is 35.7 Å². The van der Waals surface area contributed by atoms with Gasteiger partial charge in [-0.3, -0.25) is 9.69 Å². The molecule has 0 bridgehead atoms. The van der Waals surface area contributed by atoms with Crippen LogP contribution < -0.4 is 0 Å². The summed E-state index contributed by atoms with van der Waals surface area (Å²) in [5.74, 6) is -0.245. The van der Waals surface area contributed by atoms with Crippen LogP contribution in [0.5, 0.6) is 0 Å². The predicted molar refractivity (Wildman–Crippen MR) is 75.9 cm³/mol. The van der Waals surface area contributed by atoms with E-state index in [1.807, 2.05) is 43.3 Å². The van der Waals surface area contributed by atoms with Gasteiger partial charge in [0.2, 0.25) is 0 Å². The molecule has 0 saturated carbocycles. The number of aromatic nitrogens is 1. The van der Waals surface area contributed by atoms with Crippen LogP contribution in [-0.2, 0) is 16.0 Å². The molecule has 4 nitrogen and oxygen atoms in total. The van der Waals surface area contributed by atoms with Crippen LogP contribution in [0.25, 0.3) is 10.9 Å². The number of carbonyl (C=O) groups is 1. The molecule has 1 unspecified atom stereocenters. The van der Waals surface area contributed by atoms with Crippen molar-refractivity contribution in [3.8, 4) is 0 Å². The molecule has 1 aromatic heterocycles. The van der Waals surface area contributed by atoms with Gasteiger partial charge in [0, 0.05) is 30.4 Å². The van der Waals surface area contributed by atoms with Gasteiger partial charge in [-0.25, -0.2) is 0 Å². The van der Waals surface area contributed by atoms with E-state index in [9.17, 15) is 4.79 Å². The quantitative estimate of drug-likeness (QED) is 0.664. The SMILES string of the molecule is CCN(C)C(Cc1c[nH]c2ccccc12)OC(C)=O. The van der Waals surface area contributed by atoms with Crippen molar-refractivity contribution in [1.82, 2.24) is 9.88 Å². The van der Waals surface area contributed by atoms with E-state index in [-0.39, 0.29) is 12.2 Å². The van der Waals surface area contributed by atoms with Crippen LogP contribution >= 0.6 is 0 Å². The van der Waals surface area contributed by atoms with E-state index in [0.717, 1.165) is 12.1 Å². The van der Waals surface area contributed by atoms with Crippen molar-refractivity contribution < 1.29 is 9.53 Å². The monoisotopic (exact) mass is 260 g/mol. The van der Waals surface area contributed by atoms with E-state index in [0.29, 0.717) is 6.42 Å². The van der Waals surface area contributed by atoms with Gasteiger partial charge in [-0.2, -0.15) is 0 Å². The summed E-state index contributed by atoms with van der Waals surface area (Å²) >= 11 is 0. The lowest BCUT2D eigenvalue weighted by Gasteiger charge is -2.26. The second-order valence-corrected chi connectivity index (χ2v) is 4.70. The van der Waals surface area contributed by atoms with Gasteiger partial charge in [-0.1, -0.05) is 25.1 Å². The molecule has 1 aromatic carbocycles. The first-order valence-electron chi connectivity index (χ1n) is 6.54. The van der Waals surface area contributed by atoms with Crippen molar-refractivity contribution in [2.45, 2.75) is 26.5 Å². The molecule has 0 aliphatic heterocycles. The fourth-order valence-corrected chi connectivity index (χ4v) is 2.17. The first-order valence-corrected chi connectivity index (χ1v) is 6.54. The summed E-state index contributed by atoms with van der Waals surface area (Å²) in [6.07, 6.45) is 2.46. The van der Waals surface area contributed by atoms with E-state index >= 15 is 0 Å². The van der Waals surface area contributed by atoms with Gasteiger partial charge in [0.15, 0.2) is 6.23 Å². The molecule has 0 fully saturated rings. The minimum Gasteiger partial charge on any atom is -0.446 e. The van der Waals surface area contributed by atoms with Gasteiger partial charge in [0.1, 0.15) is 0 Å². The van der Waals surface area contributed by atoms with Crippen LogP contribution in [0.1, 0.15) is 19.4 Å². The summed E-state index contributed by atoms with van der Waals surface area (Å²) in [6, 6.07) is 8.15. The molecule has 4 heteroatoms. The number of hydrogen-bond acceptors (Lipinski definition) is 3. The van der Waals surface area contributed by atoms with Crippen molar-refractivity contribution in [3.05, 3.63) is 36.0 Å². The van der Waals surface area contributed by atoms with E-state index < -0.39 is 0 Å².